The Hall–Kier alpha value is -5.74. The van der Waals surface area contributed by atoms with Gasteiger partial charge in [0.1, 0.15) is 50.1 Å². The molecule has 0 aliphatic carbocycles. The largest absolute Gasteiger partial charge is 0.491 e. The molecule has 2 saturated heterocycles. The van der Waals surface area contributed by atoms with Crippen molar-refractivity contribution in [3.8, 4) is 11.5 Å². The topological polar surface area (TPSA) is 303 Å². The molecule has 2 aliphatic rings. The van der Waals surface area contributed by atoms with Gasteiger partial charge >= 0.3 is 47.8 Å². The predicted molar refractivity (Wildman–Crippen MR) is 237 cm³/mol. The smallest absolute Gasteiger partial charge is 0.303 e. The summed E-state index contributed by atoms with van der Waals surface area (Å²) >= 11 is 0. The SMILES string of the molecule is CC(=O)OC[C@H]1O[C@@H](OCCOCCOCCOc2ccc(OCCOCCOCCO[C@@H]3O[C@H](COC(C)=O)[C@@H](OC(C)=O)[C@H](OC(C)=O)[C@H]3OC(C)=O)cc2)[C@H](OC(C)=O)[C@@H](OC(C)=O)[C@@H]1OC(C)=O. The Bertz CT molecular complexity index is 1730. The van der Waals surface area contributed by atoms with Gasteiger partial charge in [0.25, 0.3) is 0 Å². The molecule has 0 unspecified atom stereocenters. The van der Waals surface area contributed by atoms with Crippen molar-refractivity contribution in [2.45, 2.75) is 117 Å². The van der Waals surface area contributed by atoms with E-state index in [1.54, 1.807) is 24.3 Å². The summed E-state index contributed by atoms with van der Waals surface area (Å²) in [4.78, 5) is 94.8. The van der Waals surface area contributed by atoms with Crippen LogP contribution in [0.5, 0.6) is 11.5 Å². The molecule has 26 heteroatoms. The molecule has 0 spiro atoms. The fraction of sp³-hybridized carbons (Fsp3) is 0.696. The van der Waals surface area contributed by atoms with Gasteiger partial charge in [0.15, 0.2) is 49.2 Å². The molecular weight excluding hydrogens is 968 g/mol. The first kappa shape index (κ1) is 60.6. The third-order valence-corrected chi connectivity index (χ3v) is 9.48. The molecule has 0 N–H and O–H groups in total. The zero-order valence-corrected chi connectivity index (χ0v) is 41.6. The first-order valence-corrected chi connectivity index (χ1v) is 22.8. The molecule has 2 heterocycles. The number of hydrogen-bond donors (Lipinski definition) is 0. The van der Waals surface area contributed by atoms with E-state index in [1.807, 2.05) is 0 Å². The molecule has 0 bridgehead atoms. The van der Waals surface area contributed by atoms with Gasteiger partial charge in [0.05, 0.1) is 66.1 Å². The van der Waals surface area contributed by atoms with Crippen LogP contribution in [0.25, 0.3) is 0 Å². The maximum absolute atomic E-state index is 12.0. The Labute approximate surface area is 415 Å². The van der Waals surface area contributed by atoms with Crippen LogP contribution < -0.4 is 9.47 Å². The number of hydrogen-bond acceptors (Lipinski definition) is 26. The standard InChI is InChI=1S/C46H66O26/c1-27(47)63-25-37-39(65-29(3)49)41(67-31(5)51)43(69-33(7)53)45(71-37)61-23-19-57-15-13-55-17-21-59-35-9-11-36(12-10-35)60-22-18-56-14-16-58-20-24-62-46-44(70-34(8)54)42(68-32(6)52)40(66-30(4)50)38(72-46)26-64-28(2)48/h9-12,37-46H,13-26H2,1-8H3/t37-,38-,39-,40-,41+,42+,43-,44-,45-,46-/m1/s1. The molecule has 1 aromatic carbocycles. The number of carbonyl (C=O) groups excluding carboxylic acids is 8. The monoisotopic (exact) mass is 1030 g/mol. The second kappa shape index (κ2) is 33.1. The number of benzene rings is 1. The Morgan fingerprint density at radius 2 is 0.611 bits per heavy atom. The van der Waals surface area contributed by atoms with Gasteiger partial charge in [0.2, 0.25) is 0 Å². The predicted octanol–water partition coefficient (Wildman–Crippen LogP) is 0.710. The summed E-state index contributed by atoms with van der Waals surface area (Å²) in [6.07, 6.45) is -12.8. The van der Waals surface area contributed by atoms with Crippen LogP contribution in [-0.4, -0.2) is 202 Å². The fourth-order valence-corrected chi connectivity index (χ4v) is 6.81. The lowest BCUT2D eigenvalue weighted by Gasteiger charge is -2.44. The lowest BCUT2D eigenvalue weighted by Crippen LogP contribution is -2.63. The molecule has 2 aliphatic heterocycles. The van der Waals surface area contributed by atoms with Crippen molar-refractivity contribution in [3.05, 3.63) is 24.3 Å². The lowest BCUT2D eigenvalue weighted by molar-refractivity contribution is -0.309. The molecule has 2 fully saturated rings. The summed E-state index contributed by atoms with van der Waals surface area (Å²) in [5, 5.41) is 0. The average molecular weight is 1040 g/mol. The zero-order chi connectivity index (χ0) is 53.0. The van der Waals surface area contributed by atoms with Gasteiger partial charge in [-0.05, 0) is 24.3 Å². The van der Waals surface area contributed by atoms with Gasteiger partial charge in [-0.25, -0.2) is 0 Å². The minimum Gasteiger partial charge on any atom is -0.491 e. The Morgan fingerprint density at radius 1 is 0.347 bits per heavy atom. The first-order valence-electron chi connectivity index (χ1n) is 22.8. The van der Waals surface area contributed by atoms with E-state index in [2.05, 4.69) is 0 Å². The van der Waals surface area contributed by atoms with Crippen molar-refractivity contribution in [3.63, 3.8) is 0 Å². The Balaban J connectivity index is 1.29. The highest BCUT2D eigenvalue weighted by atomic mass is 16.8. The molecule has 0 aromatic heterocycles. The van der Waals surface area contributed by atoms with E-state index in [9.17, 15) is 38.4 Å². The van der Waals surface area contributed by atoms with Gasteiger partial charge in [-0.2, -0.15) is 0 Å². The summed E-state index contributed by atoms with van der Waals surface area (Å²) < 4.78 is 99.4. The first-order chi connectivity index (χ1) is 34.3. The molecule has 72 heavy (non-hydrogen) atoms. The normalized spacial score (nSPS) is 23.6. The van der Waals surface area contributed by atoms with Crippen molar-refractivity contribution in [2.75, 3.05) is 92.5 Å². The van der Waals surface area contributed by atoms with Crippen molar-refractivity contribution >= 4 is 47.8 Å². The van der Waals surface area contributed by atoms with Crippen molar-refractivity contribution in [1.29, 1.82) is 0 Å². The summed E-state index contributed by atoms with van der Waals surface area (Å²) in [6.45, 7) is 10.3. The summed E-state index contributed by atoms with van der Waals surface area (Å²) in [5.74, 6) is -4.60. The Kier molecular flexibility index (Phi) is 27.8. The van der Waals surface area contributed by atoms with Crippen LogP contribution in [0.3, 0.4) is 0 Å². The minimum atomic E-state index is -1.34. The van der Waals surface area contributed by atoms with Gasteiger partial charge in [-0.3, -0.25) is 38.4 Å². The Morgan fingerprint density at radius 3 is 0.903 bits per heavy atom. The van der Waals surface area contributed by atoms with E-state index in [0.29, 0.717) is 11.5 Å². The van der Waals surface area contributed by atoms with E-state index in [0.717, 1.165) is 41.5 Å². The second-order valence-electron chi connectivity index (χ2n) is 15.5. The van der Waals surface area contributed by atoms with Gasteiger partial charge in [0, 0.05) is 55.4 Å². The van der Waals surface area contributed by atoms with Crippen LogP contribution in [-0.2, 0) is 114 Å². The molecule has 3 rings (SSSR count). The molecule has 1 aromatic rings. The average Bonchev–Trinajstić information content (AvgIpc) is 3.29. The highest BCUT2D eigenvalue weighted by molar-refractivity contribution is 5.70. The number of rotatable bonds is 32. The van der Waals surface area contributed by atoms with Gasteiger partial charge in [-0.1, -0.05) is 0 Å². The van der Waals surface area contributed by atoms with Crippen LogP contribution in [0.1, 0.15) is 55.4 Å². The number of esters is 8. The third kappa shape index (κ3) is 23.7. The third-order valence-electron chi connectivity index (χ3n) is 9.48. The molecule has 0 amide bonds. The summed E-state index contributed by atoms with van der Waals surface area (Å²) in [5.41, 5.74) is 0. The fourth-order valence-electron chi connectivity index (χ4n) is 6.81. The van der Waals surface area contributed by atoms with Crippen molar-refractivity contribution in [1.82, 2.24) is 0 Å². The highest BCUT2D eigenvalue weighted by Gasteiger charge is 2.54. The van der Waals surface area contributed by atoms with Crippen LogP contribution >= 0.6 is 0 Å². The maximum atomic E-state index is 12.0. The van der Waals surface area contributed by atoms with Crippen LogP contribution in [0, 0.1) is 0 Å². The zero-order valence-electron chi connectivity index (χ0n) is 41.6. The van der Waals surface area contributed by atoms with E-state index in [1.165, 1.54) is 13.8 Å². The maximum Gasteiger partial charge on any atom is 0.303 e. The highest BCUT2D eigenvalue weighted by Crippen LogP contribution is 2.31. The molecule has 406 valence electrons. The summed E-state index contributed by atoms with van der Waals surface area (Å²) in [7, 11) is 0. The number of ether oxygens (including phenoxy) is 18. The molecule has 26 nitrogen and oxygen atoms in total. The van der Waals surface area contributed by atoms with E-state index in [4.69, 9.17) is 85.3 Å². The van der Waals surface area contributed by atoms with Crippen LogP contribution in [0.15, 0.2) is 24.3 Å². The van der Waals surface area contributed by atoms with Crippen molar-refractivity contribution < 1.29 is 124 Å². The van der Waals surface area contributed by atoms with E-state index < -0.39 is 109 Å². The quantitative estimate of drug-likeness (QED) is 0.0545. The molecule has 0 saturated carbocycles. The van der Waals surface area contributed by atoms with Gasteiger partial charge in [-0.15, -0.1) is 0 Å². The van der Waals surface area contributed by atoms with Gasteiger partial charge < -0.3 is 85.3 Å². The molecular formula is C46H66O26. The minimum absolute atomic E-state index is 0.0608. The lowest BCUT2D eigenvalue weighted by atomic mass is 9.98. The van der Waals surface area contributed by atoms with Crippen LogP contribution in [0.4, 0.5) is 0 Å². The van der Waals surface area contributed by atoms with E-state index >= 15 is 0 Å². The summed E-state index contributed by atoms with van der Waals surface area (Å²) in [6, 6.07) is 6.95. The second-order valence-corrected chi connectivity index (χ2v) is 15.5. The van der Waals surface area contributed by atoms with Crippen LogP contribution in [0.2, 0.25) is 0 Å². The molecule has 0 radical (unpaired) electrons. The number of carbonyl (C=O) groups is 8. The molecule has 10 atom stereocenters. The van der Waals surface area contributed by atoms with E-state index in [-0.39, 0.29) is 92.5 Å². The van der Waals surface area contributed by atoms with Crippen molar-refractivity contribution in [2.24, 2.45) is 0 Å².